The Kier molecular flexibility index (Phi) is 5.19. The van der Waals surface area contributed by atoms with E-state index in [1.807, 2.05) is 6.92 Å². The van der Waals surface area contributed by atoms with Crippen LogP contribution in [0.1, 0.15) is 19.4 Å². The zero-order chi connectivity index (χ0) is 16.8. The number of hydrogen-bond acceptors (Lipinski definition) is 6. The normalized spacial score (nSPS) is 10.7. The fraction of sp³-hybridized carbons (Fsp3) is 0.176. The van der Waals surface area contributed by atoms with Crippen molar-refractivity contribution in [1.29, 1.82) is 0 Å². The molecule has 2 aromatic rings. The first-order valence-electron chi connectivity index (χ1n) is 7.01. The summed E-state index contributed by atoms with van der Waals surface area (Å²) in [6, 6.07) is 9.38. The van der Waals surface area contributed by atoms with Gasteiger partial charge in [-0.2, -0.15) is 0 Å². The molecule has 0 aromatic heterocycles. The lowest BCUT2D eigenvalue weighted by molar-refractivity contribution is -0.131. The first kappa shape index (κ1) is 16.4. The molecule has 0 aliphatic heterocycles. The Balaban J connectivity index is 2.23. The fourth-order valence-corrected chi connectivity index (χ4v) is 1.90. The summed E-state index contributed by atoms with van der Waals surface area (Å²) in [5, 5.41) is 20.0. The van der Waals surface area contributed by atoms with Gasteiger partial charge in [0.05, 0.1) is 6.61 Å². The Bertz CT molecular complexity index is 740. The van der Waals surface area contributed by atoms with E-state index >= 15 is 0 Å². The maximum absolute atomic E-state index is 10.9. The molecule has 0 radical (unpaired) electrons. The van der Waals surface area contributed by atoms with Crippen LogP contribution in [0.15, 0.2) is 41.4 Å². The Labute approximate surface area is 133 Å². The summed E-state index contributed by atoms with van der Waals surface area (Å²) in [7, 11) is 0. The zero-order valence-electron chi connectivity index (χ0n) is 12.8. The molecule has 0 aliphatic carbocycles. The van der Waals surface area contributed by atoms with E-state index in [4.69, 9.17) is 9.47 Å². The highest BCUT2D eigenvalue weighted by atomic mass is 16.5. The predicted molar refractivity (Wildman–Crippen MR) is 85.9 cm³/mol. The molecule has 2 N–H and O–H groups in total. The van der Waals surface area contributed by atoms with Gasteiger partial charge in [0.2, 0.25) is 0 Å². The molecule has 0 saturated heterocycles. The Hall–Kier alpha value is -3.02. The fourth-order valence-electron chi connectivity index (χ4n) is 1.90. The second kappa shape index (κ2) is 7.31. The number of phenolic OH excluding ortho intramolecular Hbond substituents is 2. The van der Waals surface area contributed by atoms with E-state index in [0.29, 0.717) is 17.9 Å². The molecule has 6 nitrogen and oxygen atoms in total. The molecular weight excluding hydrogens is 298 g/mol. The van der Waals surface area contributed by atoms with Gasteiger partial charge in [0.1, 0.15) is 17.2 Å². The third kappa shape index (κ3) is 4.23. The Morgan fingerprint density at radius 1 is 1.26 bits per heavy atom. The number of esters is 1. The zero-order valence-corrected chi connectivity index (χ0v) is 12.8. The molecule has 120 valence electrons. The van der Waals surface area contributed by atoms with Gasteiger partial charge >= 0.3 is 5.97 Å². The molecule has 0 atom stereocenters. The van der Waals surface area contributed by atoms with Crippen molar-refractivity contribution in [3.63, 3.8) is 0 Å². The van der Waals surface area contributed by atoms with Crippen molar-refractivity contribution in [3.8, 4) is 23.0 Å². The molecule has 0 unspecified atom stereocenters. The number of phenols is 2. The van der Waals surface area contributed by atoms with Crippen molar-refractivity contribution < 1.29 is 24.5 Å². The van der Waals surface area contributed by atoms with Crippen molar-refractivity contribution in [1.82, 2.24) is 0 Å². The second-order valence-corrected chi connectivity index (χ2v) is 4.63. The summed E-state index contributed by atoms with van der Waals surface area (Å²) in [4.78, 5) is 15.0. The number of carbonyl (C=O) groups is 1. The van der Waals surface area contributed by atoms with Crippen LogP contribution in [0.2, 0.25) is 0 Å². The minimum atomic E-state index is -0.474. The van der Waals surface area contributed by atoms with Crippen LogP contribution < -0.4 is 9.47 Å². The van der Waals surface area contributed by atoms with E-state index < -0.39 is 5.97 Å². The highest BCUT2D eigenvalue weighted by molar-refractivity contribution is 5.87. The third-order valence-electron chi connectivity index (χ3n) is 2.88. The molecule has 0 aliphatic rings. The predicted octanol–water partition coefficient (Wildman–Crippen LogP) is 3.17. The van der Waals surface area contributed by atoms with Gasteiger partial charge in [0.25, 0.3) is 0 Å². The van der Waals surface area contributed by atoms with Gasteiger partial charge in [-0.1, -0.05) is 6.07 Å². The average Bonchev–Trinajstić information content (AvgIpc) is 2.49. The van der Waals surface area contributed by atoms with Crippen LogP contribution in [-0.2, 0) is 4.79 Å². The van der Waals surface area contributed by atoms with Crippen molar-refractivity contribution in [2.24, 2.45) is 4.99 Å². The Morgan fingerprint density at radius 3 is 2.70 bits per heavy atom. The maximum atomic E-state index is 10.9. The second-order valence-electron chi connectivity index (χ2n) is 4.63. The van der Waals surface area contributed by atoms with Gasteiger partial charge in [-0.15, -0.1) is 0 Å². The molecule has 23 heavy (non-hydrogen) atoms. The van der Waals surface area contributed by atoms with Gasteiger partial charge in [0.15, 0.2) is 11.5 Å². The molecule has 2 aromatic carbocycles. The van der Waals surface area contributed by atoms with Crippen molar-refractivity contribution in [3.05, 3.63) is 42.0 Å². The summed E-state index contributed by atoms with van der Waals surface area (Å²) in [6.45, 7) is 3.53. The summed E-state index contributed by atoms with van der Waals surface area (Å²) in [5.41, 5.74) is 0.738. The summed E-state index contributed by atoms with van der Waals surface area (Å²) >= 11 is 0. The lowest BCUT2D eigenvalue weighted by Crippen LogP contribution is -2.00. The van der Waals surface area contributed by atoms with Gasteiger partial charge in [-0.05, 0) is 31.2 Å². The largest absolute Gasteiger partial charge is 0.506 e. The minimum absolute atomic E-state index is 0.0193. The van der Waals surface area contributed by atoms with E-state index in [-0.39, 0.29) is 22.9 Å². The highest BCUT2D eigenvalue weighted by Crippen LogP contribution is 2.32. The van der Waals surface area contributed by atoms with Crippen LogP contribution in [-0.4, -0.2) is 29.0 Å². The minimum Gasteiger partial charge on any atom is -0.506 e. The Morgan fingerprint density at radius 2 is 2.04 bits per heavy atom. The van der Waals surface area contributed by atoms with Gasteiger partial charge in [-0.25, -0.2) is 0 Å². The number of aliphatic imine (C=N–C) groups is 1. The number of rotatable bonds is 5. The molecule has 0 amide bonds. The SMILES string of the molecule is CCOc1cccc(C=Nc2ccc(OC(C)=O)cc2O)c1O. The highest BCUT2D eigenvalue weighted by Gasteiger charge is 2.07. The molecule has 0 fully saturated rings. The number of ether oxygens (including phenoxy) is 2. The molecule has 0 spiro atoms. The number of benzene rings is 2. The summed E-state index contributed by atoms with van der Waals surface area (Å²) < 4.78 is 10.2. The van der Waals surface area contributed by atoms with Crippen molar-refractivity contribution in [2.45, 2.75) is 13.8 Å². The quantitative estimate of drug-likeness (QED) is 0.502. The molecule has 0 bridgehead atoms. The lowest BCUT2D eigenvalue weighted by atomic mass is 10.2. The first-order valence-corrected chi connectivity index (χ1v) is 7.01. The standard InChI is InChI=1S/C17H17NO5/c1-3-22-16-6-4-5-12(17(16)21)10-18-14-8-7-13(9-15(14)20)23-11(2)19/h4-10,20-21H,3H2,1-2H3. The van der Waals surface area contributed by atoms with Gasteiger partial charge in [0, 0.05) is 24.8 Å². The molecule has 6 heteroatoms. The van der Waals surface area contributed by atoms with Crippen molar-refractivity contribution in [2.75, 3.05) is 6.61 Å². The van der Waals surface area contributed by atoms with E-state index in [0.717, 1.165) is 0 Å². The molecule has 0 heterocycles. The number of nitrogens with zero attached hydrogens (tertiary/aromatic N) is 1. The van der Waals surface area contributed by atoms with E-state index in [1.165, 1.54) is 31.3 Å². The number of aromatic hydroxyl groups is 2. The van der Waals surface area contributed by atoms with Crippen LogP contribution in [0.4, 0.5) is 5.69 Å². The van der Waals surface area contributed by atoms with E-state index in [2.05, 4.69) is 4.99 Å². The maximum Gasteiger partial charge on any atom is 0.308 e. The smallest absolute Gasteiger partial charge is 0.308 e. The monoisotopic (exact) mass is 315 g/mol. The number of carbonyl (C=O) groups excluding carboxylic acids is 1. The van der Waals surface area contributed by atoms with E-state index in [9.17, 15) is 15.0 Å². The topological polar surface area (TPSA) is 88.4 Å². The summed E-state index contributed by atoms with van der Waals surface area (Å²) in [5.74, 6) is -0.0334. The van der Waals surface area contributed by atoms with Crippen LogP contribution in [0.5, 0.6) is 23.0 Å². The summed E-state index contributed by atoms with van der Waals surface area (Å²) in [6.07, 6.45) is 1.42. The molecule has 2 rings (SSSR count). The number of para-hydroxylation sites is 1. The van der Waals surface area contributed by atoms with Crippen LogP contribution >= 0.6 is 0 Å². The first-order chi connectivity index (χ1) is 11.0. The lowest BCUT2D eigenvalue weighted by Gasteiger charge is -2.07. The van der Waals surface area contributed by atoms with Crippen LogP contribution in [0.3, 0.4) is 0 Å². The molecular formula is C17H17NO5. The van der Waals surface area contributed by atoms with E-state index in [1.54, 1.807) is 18.2 Å². The number of hydrogen-bond donors (Lipinski definition) is 2. The van der Waals surface area contributed by atoms with Crippen LogP contribution in [0.25, 0.3) is 0 Å². The van der Waals surface area contributed by atoms with Crippen molar-refractivity contribution >= 4 is 17.9 Å². The van der Waals surface area contributed by atoms with Crippen LogP contribution in [0, 0.1) is 0 Å². The average molecular weight is 315 g/mol. The van der Waals surface area contributed by atoms with Gasteiger partial charge < -0.3 is 19.7 Å². The van der Waals surface area contributed by atoms with Gasteiger partial charge in [-0.3, -0.25) is 9.79 Å². The molecule has 0 saturated carbocycles. The third-order valence-corrected chi connectivity index (χ3v) is 2.88.